The van der Waals surface area contributed by atoms with Crippen LogP contribution < -0.4 is 10.1 Å². The van der Waals surface area contributed by atoms with E-state index in [0.717, 1.165) is 22.6 Å². The molecule has 3 aromatic rings. The second-order valence-electron chi connectivity index (χ2n) is 8.50. The van der Waals surface area contributed by atoms with Crippen LogP contribution in [0.1, 0.15) is 35.3 Å². The van der Waals surface area contributed by atoms with E-state index < -0.39 is 5.25 Å². The van der Waals surface area contributed by atoms with E-state index in [1.165, 1.54) is 18.7 Å². The molecule has 1 fully saturated rings. The number of hydrogen-bond acceptors (Lipinski definition) is 7. The molecule has 4 rings (SSSR count). The number of amidine groups is 1. The lowest BCUT2D eigenvalue weighted by Gasteiger charge is -2.17. The van der Waals surface area contributed by atoms with Gasteiger partial charge in [-0.25, -0.2) is 4.99 Å². The van der Waals surface area contributed by atoms with E-state index in [4.69, 9.17) is 9.73 Å². The second-order valence-corrected chi connectivity index (χ2v) is 9.61. The van der Waals surface area contributed by atoms with Gasteiger partial charge in [-0.15, -0.1) is 0 Å². The molecule has 190 valence electrons. The molecule has 1 aliphatic heterocycles. The summed E-state index contributed by atoms with van der Waals surface area (Å²) in [7, 11) is 1.63. The third-order valence-electron chi connectivity index (χ3n) is 5.82. The maximum atomic E-state index is 13.5. The number of amides is 1. The highest BCUT2D eigenvalue weighted by Crippen LogP contribution is 2.34. The van der Waals surface area contributed by atoms with Crippen molar-refractivity contribution in [3.63, 3.8) is 0 Å². The number of aliphatic imine (C=N–C) groups is 2. The number of thioether (sulfide) groups is 1. The predicted molar refractivity (Wildman–Crippen MR) is 151 cm³/mol. The van der Waals surface area contributed by atoms with Crippen molar-refractivity contribution >= 4 is 46.2 Å². The van der Waals surface area contributed by atoms with E-state index in [-0.39, 0.29) is 11.7 Å². The van der Waals surface area contributed by atoms with Crippen molar-refractivity contribution in [2.45, 2.75) is 32.2 Å². The van der Waals surface area contributed by atoms with Crippen molar-refractivity contribution in [3.8, 4) is 5.75 Å². The quantitative estimate of drug-likeness (QED) is 0.276. The summed E-state index contributed by atoms with van der Waals surface area (Å²) in [5.41, 5.74) is 4.04. The van der Waals surface area contributed by atoms with Crippen molar-refractivity contribution in [1.82, 2.24) is 4.90 Å². The van der Waals surface area contributed by atoms with Gasteiger partial charge in [0.25, 0.3) is 0 Å². The lowest BCUT2D eigenvalue weighted by molar-refractivity contribution is -0.125. The molecule has 37 heavy (non-hydrogen) atoms. The lowest BCUT2D eigenvalue weighted by atomic mass is 10.1. The first kappa shape index (κ1) is 26.2. The third-order valence-corrected chi connectivity index (χ3v) is 6.92. The second kappa shape index (κ2) is 12.4. The highest BCUT2D eigenvalue weighted by Gasteiger charge is 2.37. The van der Waals surface area contributed by atoms with Gasteiger partial charge in [-0.2, -0.15) is 0 Å². The molecule has 0 radical (unpaired) electrons. The van der Waals surface area contributed by atoms with Crippen molar-refractivity contribution < 1.29 is 14.3 Å². The zero-order valence-corrected chi connectivity index (χ0v) is 22.0. The molecule has 0 bridgehead atoms. The Morgan fingerprint density at radius 2 is 1.84 bits per heavy atom. The Labute approximate surface area is 221 Å². The third kappa shape index (κ3) is 6.65. The van der Waals surface area contributed by atoms with Gasteiger partial charge in [-0.1, -0.05) is 54.2 Å². The van der Waals surface area contributed by atoms with Crippen LogP contribution in [0.2, 0.25) is 0 Å². The van der Waals surface area contributed by atoms with Gasteiger partial charge in [0.2, 0.25) is 5.91 Å². The van der Waals surface area contributed by atoms with Crippen LogP contribution in [-0.4, -0.2) is 46.9 Å². The average Bonchev–Trinajstić information content (AvgIpc) is 3.19. The lowest BCUT2D eigenvalue weighted by Crippen LogP contribution is -2.32. The van der Waals surface area contributed by atoms with Crippen molar-refractivity contribution in [3.05, 3.63) is 89.5 Å². The average molecular weight is 515 g/mol. The first-order chi connectivity index (χ1) is 18.0. The molecule has 1 N–H and O–H groups in total. The zero-order chi connectivity index (χ0) is 26.2. The molecule has 7 nitrogen and oxygen atoms in total. The fourth-order valence-corrected chi connectivity index (χ4v) is 4.87. The monoisotopic (exact) mass is 514 g/mol. The number of carbonyl (C=O) groups is 2. The molecule has 3 aromatic carbocycles. The number of nitrogens with one attached hydrogen (secondary N) is 1. The summed E-state index contributed by atoms with van der Waals surface area (Å²) in [6.07, 6.45) is 1.70. The standard InChI is InChI=1S/C29H30N4O3S/c1-4-31-25-15-12-23(20(2)34)16-26(25)32-29-33(19-22-8-6-5-7-9-22)28(35)27(37-29)18-30-17-21-10-13-24(36-3)14-11-21/h5-16,18,27,31H,4,17,19H2,1-3H3. The summed E-state index contributed by atoms with van der Waals surface area (Å²) < 4.78 is 5.21. The Hall–Kier alpha value is -3.91. The van der Waals surface area contributed by atoms with Gasteiger partial charge in [0, 0.05) is 18.3 Å². The number of Topliss-reactive ketones (excluding diaryl/α,β-unsaturated/α-hetero) is 1. The molecule has 1 unspecified atom stereocenters. The van der Waals surface area contributed by atoms with Crippen molar-refractivity contribution in [1.29, 1.82) is 0 Å². The number of anilines is 1. The molecule has 1 atom stereocenters. The summed E-state index contributed by atoms with van der Waals surface area (Å²) in [4.78, 5) is 36.6. The predicted octanol–water partition coefficient (Wildman–Crippen LogP) is 5.73. The maximum Gasteiger partial charge on any atom is 0.247 e. The van der Waals surface area contributed by atoms with Gasteiger partial charge in [-0.05, 0) is 55.3 Å². The Bertz CT molecular complexity index is 1310. The van der Waals surface area contributed by atoms with Gasteiger partial charge >= 0.3 is 0 Å². The molecule has 1 heterocycles. The first-order valence-corrected chi connectivity index (χ1v) is 13.0. The number of ether oxygens (including phenoxy) is 1. The largest absolute Gasteiger partial charge is 0.497 e. The molecular weight excluding hydrogens is 484 g/mol. The number of nitrogens with zero attached hydrogens (tertiary/aromatic N) is 3. The molecule has 0 aliphatic carbocycles. The highest BCUT2D eigenvalue weighted by atomic mass is 32.2. The number of carbonyl (C=O) groups excluding carboxylic acids is 2. The van der Waals surface area contributed by atoms with E-state index in [1.54, 1.807) is 30.4 Å². The summed E-state index contributed by atoms with van der Waals surface area (Å²) in [6.45, 7) is 5.10. The van der Waals surface area contributed by atoms with Crippen LogP contribution >= 0.6 is 11.8 Å². The van der Waals surface area contributed by atoms with Crippen LogP contribution in [0.15, 0.2) is 82.8 Å². The van der Waals surface area contributed by atoms with E-state index in [0.29, 0.717) is 36.1 Å². The van der Waals surface area contributed by atoms with Gasteiger partial charge in [0.05, 0.1) is 31.6 Å². The summed E-state index contributed by atoms with van der Waals surface area (Å²) in [5, 5.41) is 3.39. The van der Waals surface area contributed by atoms with Gasteiger partial charge in [0.15, 0.2) is 11.0 Å². The Morgan fingerprint density at radius 3 is 2.51 bits per heavy atom. The molecule has 0 spiro atoms. The fraction of sp³-hybridized carbons (Fsp3) is 0.241. The van der Waals surface area contributed by atoms with Crippen LogP contribution in [0, 0.1) is 0 Å². The van der Waals surface area contributed by atoms with Gasteiger partial charge < -0.3 is 10.1 Å². The SMILES string of the molecule is CCNc1ccc(C(C)=O)cc1N=C1SC(C=NCc2ccc(OC)cc2)C(=O)N1Cc1ccccc1. The number of rotatable bonds is 10. The van der Waals surface area contributed by atoms with Crippen molar-refractivity contribution in [2.24, 2.45) is 9.98 Å². The molecular formula is C29H30N4O3S. The minimum absolute atomic E-state index is 0.0377. The fourth-order valence-electron chi connectivity index (χ4n) is 3.84. The van der Waals surface area contributed by atoms with E-state index in [1.807, 2.05) is 67.6 Å². The van der Waals surface area contributed by atoms with Gasteiger partial charge in [0.1, 0.15) is 11.0 Å². The number of benzene rings is 3. The Kier molecular flexibility index (Phi) is 8.74. The van der Waals surface area contributed by atoms with Gasteiger partial charge in [-0.3, -0.25) is 19.5 Å². The normalized spacial score (nSPS) is 16.5. The smallest absolute Gasteiger partial charge is 0.247 e. The molecule has 1 amide bonds. The molecule has 0 saturated carbocycles. The van der Waals surface area contributed by atoms with Crippen LogP contribution in [-0.2, 0) is 17.9 Å². The molecule has 1 aliphatic rings. The Balaban J connectivity index is 1.63. The first-order valence-electron chi connectivity index (χ1n) is 12.1. The molecule has 8 heteroatoms. The van der Waals surface area contributed by atoms with Crippen LogP contribution in [0.25, 0.3) is 0 Å². The van der Waals surface area contributed by atoms with Crippen molar-refractivity contribution in [2.75, 3.05) is 19.0 Å². The minimum atomic E-state index is -0.487. The maximum absolute atomic E-state index is 13.5. The highest BCUT2D eigenvalue weighted by molar-refractivity contribution is 8.16. The number of ketones is 1. The summed E-state index contributed by atoms with van der Waals surface area (Å²) >= 11 is 1.37. The summed E-state index contributed by atoms with van der Waals surface area (Å²) in [6, 6.07) is 22.9. The topological polar surface area (TPSA) is 83.4 Å². The van der Waals surface area contributed by atoms with E-state index in [9.17, 15) is 9.59 Å². The number of hydrogen-bond donors (Lipinski definition) is 1. The zero-order valence-electron chi connectivity index (χ0n) is 21.2. The summed E-state index contributed by atoms with van der Waals surface area (Å²) in [5.74, 6) is 0.681. The number of methoxy groups -OCH3 is 1. The van der Waals surface area contributed by atoms with E-state index >= 15 is 0 Å². The van der Waals surface area contributed by atoms with Crippen LogP contribution in [0.4, 0.5) is 11.4 Å². The van der Waals surface area contributed by atoms with Crippen LogP contribution in [0.3, 0.4) is 0 Å². The van der Waals surface area contributed by atoms with Crippen LogP contribution in [0.5, 0.6) is 5.75 Å². The Morgan fingerprint density at radius 1 is 1.08 bits per heavy atom. The minimum Gasteiger partial charge on any atom is -0.497 e. The van der Waals surface area contributed by atoms with E-state index in [2.05, 4.69) is 10.3 Å². The molecule has 0 aromatic heterocycles. The molecule has 1 saturated heterocycles.